The maximum Gasteiger partial charge on any atom is 0.407 e. The monoisotopic (exact) mass is 229 g/mol. The van der Waals surface area contributed by atoms with Crippen molar-refractivity contribution in [2.24, 2.45) is 5.41 Å². The first-order chi connectivity index (χ1) is 7.47. The molecule has 0 radical (unpaired) electrons. The van der Waals surface area contributed by atoms with Gasteiger partial charge in [0.1, 0.15) is 17.6 Å². The lowest BCUT2D eigenvalue weighted by molar-refractivity contribution is -0.150. The fraction of sp³-hybridized carbons (Fsp3) is 0.800. The first-order valence-electron chi connectivity index (χ1n) is 5.34. The van der Waals surface area contributed by atoms with Gasteiger partial charge in [0.25, 0.3) is 0 Å². The Kier molecular flexibility index (Phi) is 2.53. The van der Waals surface area contributed by atoms with Crippen molar-refractivity contribution in [3.63, 3.8) is 0 Å². The molecular formula is C10H15NO5. The summed E-state index contributed by atoms with van der Waals surface area (Å²) in [5.41, 5.74) is -0.884. The van der Waals surface area contributed by atoms with E-state index in [2.05, 4.69) is 0 Å². The number of carbonyl (C=O) groups is 2. The number of hydrogen-bond acceptors (Lipinski definition) is 4. The van der Waals surface area contributed by atoms with Crippen LogP contribution >= 0.6 is 0 Å². The largest absolute Gasteiger partial charge is 0.465 e. The Balaban J connectivity index is 2.12. The number of carbonyl (C=O) groups excluding carboxylic acids is 1. The number of carboxylic acid groups (broad SMARTS) is 1. The molecule has 0 aromatic rings. The first-order valence-corrected chi connectivity index (χ1v) is 5.34. The van der Waals surface area contributed by atoms with E-state index >= 15 is 0 Å². The highest BCUT2D eigenvalue weighted by molar-refractivity contribution is 5.80. The highest BCUT2D eigenvalue weighted by atomic mass is 16.6. The molecule has 0 bridgehead atoms. The van der Waals surface area contributed by atoms with Gasteiger partial charge in [0.15, 0.2) is 0 Å². The number of aliphatic hydroxyl groups is 1. The van der Waals surface area contributed by atoms with Crippen molar-refractivity contribution < 1.29 is 24.5 Å². The minimum absolute atomic E-state index is 0.272. The summed E-state index contributed by atoms with van der Waals surface area (Å²) >= 11 is 0. The zero-order chi connectivity index (χ0) is 11.9. The van der Waals surface area contributed by atoms with E-state index < -0.39 is 29.7 Å². The Hall–Kier alpha value is -1.30. The molecule has 2 heterocycles. The maximum absolute atomic E-state index is 11.7. The molecule has 0 saturated carbocycles. The third-order valence-electron chi connectivity index (χ3n) is 3.64. The number of likely N-dealkylation sites (tertiary alicyclic amines) is 1. The second-order valence-corrected chi connectivity index (χ2v) is 4.48. The minimum atomic E-state index is -0.983. The van der Waals surface area contributed by atoms with Crippen LogP contribution in [0.1, 0.15) is 19.8 Å². The van der Waals surface area contributed by atoms with E-state index in [1.807, 2.05) is 0 Å². The van der Waals surface area contributed by atoms with Crippen molar-refractivity contribution in [2.75, 3.05) is 13.1 Å². The van der Waals surface area contributed by atoms with Gasteiger partial charge in [-0.15, -0.1) is 0 Å². The van der Waals surface area contributed by atoms with E-state index in [1.165, 1.54) is 4.90 Å². The van der Waals surface area contributed by atoms with Gasteiger partial charge in [-0.2, -0.15) is 0 Å². The molecule has 2 aliphatic heterocycles. The lowest BCUT2D eigenvalue weighted by Crippen LogP contribution is -2.49. The van der Waals surface area contributed by atoms with Crippen LogP contribution in [0.15, 0.2) is 0 Å². The molecule has 2 saturated heterocycles. The van der Waals surface area contributed by atoms with E-state index in [9.17, 15) is 14.7 Å². The van der Waals surface area contributed by atoms with Gasteiger partial charge in [-0.25, -0.2) is 4.79 Å². The molecule has 90 valence electrons. The zero-order valence-electron chi connectivity index (χ0n) is 9.05. The molecule has 6 nitrogen and oxygen atoms in total. The van der Waals surface area contributed by atoms with Crippen LogP contribution in [-0.4, -0.2) is 52.5 Å². The van der Waals surface area contributed by atoms with Crippen molar-refractivity contribution in [1.82, 2.24) is 4.90 Å². The topological polar surface area (TPSA) is 87.1 Å². The Morgan fingerprint density at radius 1 is 1.50 bits per heavy atom. The molecule has 2 N–H and O–H groups in total. The molecule has 0 aromatic heterocycles. The number of ether oxygens (including phenoxy) is 1. The second kappa shape index (κ2) is 3.62. The van der Waals surface area contributed by atoms with Crippen LogP contribution in [0, 0.1) is 5.41 Å². The average molecular weight is 229 g/mol. The van der Waals surface area contributed by atoms with Crippen molar-refractivity contribution in [1.29, 1.82) is 0 Å². The number of piperidine rings is 1. The molecule has 2 atom stereocenters. The van der Waals surface area contributed by atoms with Gasteiger partial charge in [0, 0.05) is 13.1 Å². The lowest BCUT2D eigenvalue weighted by Gasteiger charge is -2.37. The highest BCUT2D eigenvalue weighted by Crippen LogP contribution is 2.43. The third kappa shape index (κ3) is 1.44. The predicted molar refractivity (Wildman–Crippen MR) is 52.8 cm³/mol. The highest BCUT2D eigenvalue weighted by Gasteiger charge is 2.56. The van der Waals surface area contributed by atoms with Gasteiger partial charge in [0.2, 0.25) is 0 Å². The lowest BCUT2D eigenvalue weighted by atomic mass is 9.74. The van der Waals surface area contributed by atoms with Gasteiger partial charge in [0.05, 0.1) is 0 Å². The van der Waals surface area contributed by atoms with Crippen LogP contribution in [-0.2, 0) is 9.53 Å². The standard InChI is InChI=1S/C10H15NO5/c1-6-7(12)10(8(13)16-6)2-4-11(5-3-10)9(14)15/h6-7,12H,2-5H2,1H3,(H,14,15)/t6-,7?/m0/s1. The van der Waals surface area contributed by atoms with Crippen LogP contribution in [0.4, 0.5) is 4.79 Å². The quantitative estimate of drug-likeness (QED) is 0.573. The number of amides is 1. The van der Waals surface area contributed by atoms with Crippen molar-refractivity contribution in [3.05, 3.63) is 0 Å². The van der Waals surface area contributed by atoms with E-state index in [4.69, 9.17) is 9.84 Å². The Morgan fingerprint density at radius 3 is 2.44 bits per heavy atom. The number of esters is 1. The molecule has 16 heavy (non-hydrogen) atoms. The fourth-order valence-electron chi connectivity index (χ4n) is 2.52. The summed E-state index contributed by atoms with van der Waals surface area (Å²) in [4.78, 5) is 23.7. The van der Waals surface area contributed by atoms with Crippen molar-refractivity contribution in [2.45, 2.75) is 32.0 Å². The summed E-state index contributed by atoms with van der Waals surface area (Å²) < 4.78 is 5.01. The fourth-order valence-corrected chi connectivity index (χ4v) is 2.52. The Labute approximate surface area is 92.8 Å². The molecule has 1 spiro atoms. The second-order valence-electron chi connectivity index (χ2n) is 4.48. The zero-order valence-corrected chi connectivity index (χ0v) is 9.05. The molecule has 6 heteroatoms. The number of aliphatic hydroxyl groups excluding tert-OH is 1. The molecule has 1 unspecified atom stereocenters. The van der Waals surface area contributed by atoms with Crippen LogP contribution in [0.2, 0.25) is 0 Å². The van der Waals surface area contributed by atoms with Crippen LogP contribution in [0.25, 0.3) is 0 Å². The molecule has 0 aromatic carbocycles. The molecule has 2 aliphatic rings. The van der Waals surface area contributed by atoms with Crippen LogP contribution in [0.3, 0.4) is 0 Å². The van der Waals surface area contributed by atoms with Crippen LogP contribution in [0.5, 0.6) is 0 Å². The van der Waals surface area contributed by atoms with E-state index in [0.29, 0.717) is 12.8 Å². The smallest absolute Gasteiger partial charge is 0.407 e. The number of cyclic esters (lactones) is 1. The first kappa shape index (κ1) is 11.2. The summed E-state index contributed by atoms with van der Waals surface area (Å²) in [6, 6.07) is 0. The number of hydrogen-bond donors (Lipinski definition) is 2. The van der Waals surface area contributed by atoms with Crippen molar-refractivity contribution >= 4 is 12.1 Å². The average Bonchev–Trinajstić information content (AvgIpc) is 2.45. The van der Waals surface area contributed by atoms with Crippen molar-refractivity contribution in [3.8, 4) is 0 Å². The summed E-state index contributed by atoms with van der Waals surface area (Å²) in [6.45, 7) is 2.20. The molecule has 2 rings (SSSR count). The number of rotatable bonds is 0. The van der Waals surface area contributed by atoms with Gasteiger partial charge >= 0.3 is 12.1 Å². The molecule has 1 amide bonds. The van der Waals surface area contributed by atoms with E-state index in [0.717, 1.165) is 0 Å². The van der Waals surface area contributed by atoms with Gasteiger partial charge in [-0.3, -0.25) is 4.79 Å². The van der Waals surface area contributed by atoms with Gasteiger partial charge in [-0.1, -0.05) is 0 Å². The minimum Gasteiger partial charge on any atom is -0.465 e. The summed E-state index contributed by atoms with van der Waals surface area (Å²) in [5.74, 6) is -0.391. The SMILES string of the molecule is C[C@@H]1OC(=O)C2(CCN(C(=O)O)CC2)C1O. The van der Waals surface area contributed by atoms with Gasteiger partial charge < -0.3 is 19.8 Å². The summed E-state index contributed by atoms with van der Waals surface area (Å²) in [7, 11) is 0. The van der Waals surface area contributed by atoms with E-state index in [-0.39, 0.29) is 13.1 Å². The summed E-state index contributed by atoms with van der Waals surface area (Å²) in [6.07, 6.45) is -1.63. The Bertz CT molecular complexity index is 321. The normalized spacial score (nSPS) is 32.9. The number of nitrogens with zero attached hydrogens (tertiary/aromatic N) is 1. The van der Waals surface area contributed by atoms with Gasteiger partial charge in [-0.05, 0) is 19.8 Å². The van der Waals surface area contributed by atoms with E-state index in [1.54, 1.807) is 6.92 Å². The molecule has 2 fully saturated rings. The Morgan fingerprint density at radius 2 is 2.06 bits per heavy atom. The predicted octanol–water partition coefficient (Wildman–Crippen LogP) is 0.0528. The molecule has 0 aliphatic carbocycles. The molecular weight excluding hydrogens is 214 g/mol. The maximum atomic E-state index is 11.7. The van der Waals surface area contributed by atoms with Crippen LogP contribution < -0.4 is 0 Å². The summed E-state index contributed by atoms with van der Waals surface area (Å²) in [5, 5.41) is 18.8. The third-order valence-corrected chi connectivity index (χ3v) is 3.64.